The number of hydrogen-bond donors (Lipinski definition) is 0. The second-order valence-corrected chi connectivity index (χ2v) is 6.48. The number of para-hydroxylation sites is 1. The van der Waals surface area contributed by atoms with Crippen molar-refractivity contribution in [2.24, 2.45) is 0 Å². The van der Waals surface area contributed by atoms with Crippen LogP contribution >= 0.6 is 0 Å². The summed E-state index contributed by atoms with van der Waals surface area (Å²) in [5.41, 5.74) is 1.97. The van der Waals surface area contributed by atoms with Crippen molar-refractivity contribution in [1.82, 2.24) is 14.8 Å². The van der Waals surface area contributed by atoms with Crippen LogP contribution in [0, 0.1) is 0 Å². The molecule has 0 N–H and O–H groups in total. The van der Waals surface area contributed by atoms with Gasteiger partial charge in [0, 0.05) is 44.5 Å². The summed E-state index contributed by atoms with van der Waals surface area (Å²) >= 11 is 0. The molecule has 0 saturated carbocycles. The van der Waals surface area contributed by atoms with E-state index in [4.69, 9.17) is 4.74 Å². The Hall–Kier alpha value is -2.60. The lowest BCUT2D eigenvalue weighted by atomic mass is 10.2. The summed E-state index contributed by atoms with van der Waals surface area (Å²) in [6, 6.07) is 16.1. The molecule has 6 heteroatoms. The minimum absolute atomic E-state index is 0.121. The molecule has 130 valence electrons. The highest BCUT2D eigenvalue weighted by Crippen LogP contribution is 2.26. The van der Waals surface area contributed by atoms with Crippen molar-refractivity contribution in [3.63, 3.8) is 0 Å². The van der Waals surface area contributed by atoms with E-state index in [-0.39, 0.29) is 12.1 Å². The number of piperazine rings is 1. The number of ether oxygens (including phenoxy) is 1. The Bertz CT molecular complexity index is 752. The standard InChI is InChI=1S/C19H22N4O2/c1-25-18-9-5-6-15(20-18)12-21-10-11-22-17(13-21)14-23(19(22)24)16-7-3-2-4-8-16/h2-9,17H,10-14H2,1H3. The number of nitrogens with zero attached hydrogens (tertiary/aromatic N) is 4. The molecular weight excluding hydrogens is 316 g/mol. The number of carbonyl (C=O) groups excluding carboxylic acids is 1. The lowest BCUT2D eigenvalue weighted by Crippen LogP contribution is -2.51. The Kier molecular flexibility index (Phi) is 4.28. The molecular formula is C19H22N4O2. The molecule has 25 heavy (non-hydrogen) atoms. The van der Waals surface area contributed by atoms with Gasteiger partial charge in [-0.15, -0.1) is 0 Å². The molecule has 2 saturated heterocycles. The summed E-state index contributed by atoms with van der Waals surface area (Å²) in [6.07, 6.45) is 0. The van der Waals surface area contributed by atoms with Crippen molar-refractivity contribution >= 4 is 11.7 Å². The molecule has 4 rings (SSSR count). The van der Waals surface area contributed by atoms with E-state index < -0.39 is 0 Å². The van der Waals surface area contributed by atoms with Crippen LogP contribution in [-0.4, -0.2) is 60.1 Å². The third kappa shape index (κ3) is 3.17. The summed E-state index contributed by atoms with van der Waals surface area (Å²) in [7, 11) is 1.63. The van der Waals surface area contributed by atoms with Gasteiger partial charge in [-0.25, -0.2) is 9.78 Å². The highest BCUT2D eigenvalue weighted by Gasteiger charge is 2.41. The quantitative estimate of drug-likeness (QED) is 0.858. The number of benzene rings is 1. The van der Waals surface area contributed by atoms with Crippen LogP contribution < -0.4 is 9.64 Å². The maximum absolute atomic E-state index is 12.7. The number of anilines is 1. The lowest BCUT2D eigenvalue weighted by molar-refractivity contribution is 0.115. The molecule has 2 aliphatic heterocycles. The average Bonchev–Trinajstić information content (AvgIpc) is 2.99. The number of fused-ring (bicyclic) bond motifs is 1. The second-order valence-electron chi connectivity index (χ2n) is 6.48. The van der Waals surface area contributed by atoms with Crippen molar-refractivity contribution in [2.45, 2.75) is 12.6 Å². The van der Waals surface area contributed by atoms with Crippen molar-refractivity contribution < 1.29 is 9.53 Å². The number of urea groups is 1. The van der Waals surface area contributed by atoms with E-state index >= 15 is 0 Å². The minimum atomic E-state index is 0.121. The zero-order valence-electron chi connectivity index (χ0n) is 14.3. The molecule has 2 fully saturated rings. The van der Waals surface area contributed by atoms with Crippen LogP contribution in [0.4, 0.5) is 10.5 Å². The van der Waals surface area contributed by atoms with Gasteiger partial charge >= 0.3 is 6.03 Å². The van der Waals surface area contributed by atoms with E-state index in [2.05, 4.69) is 9.88 Å². The first-order valence-electron chi connectivity index (χ1n) is 8.60. The molecule has 0 aliphatic carbocycles. The van der Waals surface area contributed by atoms with E-state index in [1.807, 2.05) is 58.3 Å². The summed E-state index contributed by atoms with van der Waals surface area (Å²) in [6.45, 7) is 4.01. The second kappa shape index (κ2) is 6.72. The van der Waals surface area contributed by atoms with Gasteiger partial charge < -0.3 is 9.64 Å². The summed E-state index contributed by atoms with van der Waals surface area (Å²) in [5.74, 6) is 0.641. The van der Waals surface area contributed by atoms with Gasteiger partial charge in [0.1, 0.15) is 0 Å². The zero-order chi connectivity index (χ0) is 17.2. The number of pyridine rings is 1. The molecule has 6 nitrogen and oxygen atoms in total. The van der Waals surface area contributed by atoms with Crippen molar-refractivity contribution in [3.8, 4) is 5.88 Å². The summed E-state index contributed by atoms with van der Waals surface area (Å²) in [5, 5.41) is 0. The average molecular weight is 338 g/mol. The molecule has 3 heterocycles. The fourth-order valence-electron chi connectivity index (χ4n) is 3.63. The number of aromatic nitrogens is 1. The minimum Gasteiger partial charge on any atom is -0.481 e. The maximum Gasteiger partial charge on any atom is 0.324 e. The Morgan fingerprint density at radius 1 is 1.08 bits per heavy atom. The Morgan fingerprint density at radius 2 is 1.92 bits per heavy atom. The fourth-order valence-corrected chi connectivity index (χ4v) is 3.63. The van der Waals surface area contributed by atoms with E-state index in [9.17, 15) is 4.79 Å². The summed E-state index contributed by atoms with van der Waals surface area (Å²) in [4.78, 5) is 23.4. The first kappa shape index (κ1) is 15.9. The molecule has 1 atom stereocenters. The highest BCUT2D eigenvalue weighted by molar-refractivity contribution is 5.94. The van der Waals surface area contributed by atoms with Gasteiger partial charge in [0.05, 0.1) is 18.8 Å². The van der Waals surface area contributed by atoms with E-state index in [0.29, 0.717) is 5.88 Å². The van der Waals surface area contributed by atoms with Gasteiger partial charge in [-0.2, -0.15) is 0 Å². The van der Waals surface area contributed by atoms with Crippen molar-refractivity contribution in [3.05, 3.63) is 54.2 Å². The Balaban J connectivity index is 1.44. The molecule has 1 unspecified atom stereocenters. The monoisotopic (exact) mass is 338 g/mol. The van der Waals surface area contributed by atoms with Crippen molar-refractivity contribution in [1.29, 1.82) is 0 Å². The number of rotatable bonds is 4. The van der Waals surface area contributed by atoms with Crippen LogP contribution in [0.5, 0.6) is 5.88 Å². The number of amides is 2. The predicted octanol–water partition coefficient (Wildman–Crippen LogP) is 2.22. The molecule has 2 amide bonds. The molecule has 2 aromatic rings. The largest absolute Gasteiger partial charge is 0.481 e. The van der Waals surface area contributed by atoms with E-state index in [1.165, 1.54) is 0 Å². The van der Waals surface area contributed by atoms with Crippen LogP contribution in [0.25, 0.3) is 0 Å². The number of methoxy groups -OCH3 is 1. The number of hydrogen-bond acceptors (Lipinski definition) is 4. The molecule has 1 aromatic heterocycles. The third-order valence-corrected chi connectivity index (χ3v) is 4.88. The van der Waals surface area contributed by atoms with E-state index in [0.717, 1.165) is 44.1 Å². The van der Waals surface area contributed by atoms with Gasteiger partial charge in [-0.3, -0.25) is 9.80 Å². The first-order valence-corrected chi connectivity index (χ1v) is 8.60. The molecule has 0 bridgehead atoms. The molecule has 2 aliphatic rings. The summed E-state index contributed by atoms with van der Waals surface area (Å²) < 4.78 is 5.20. The highest BCUT2D eigenvalue weighted by atomic mass is 16.5. The molecule has 0 spiro atoms. The van der Waals surface area contributed by atoms with E-state index in [1.54, 1.807) is 7.11 Å². The predicted molar refractivity (Wildman–Crippen MR) is 95.7 cm³/mol. The lowest BCUT2D eigenvalue weighted by Gasteiger charge is -2.36. The van der Waals surface area contributed by atoms with Gasteiger partial charge in [0.25, 0.3) is 0 Å². The SMILES string of the molecule is COc1cccc(CN2CCN3C(=O)N(c4ccccc4)CC3C2)n1. The normalized spacial score (nSPS) is 20.7. The zero-order valence-corrected chi connectivity index (χ0v) is 14.3. The van der Waals surface area contributed by atoms with Gasteiger partial charge in [-0.05, 0) is 18.2 Å². The smallest absolute Gasteiger partial charge is 0.324 e. The Morgan fingerprint density at radius 3 is 2.72 bits per heavy atom. The van der Waals surface area contributed by atoms with Crippen LogP contribution in [0.3, 0.4) is 0 Å². The van der Waals surface area contributed by atoms with Crippen molar-refractivity contribution in [2.75, 3.05) is 38.2 Å². The van der Waals surface area contributed by atoms with Gasteiger partial charge in [0.15, 0.2) is 0 Å². The fraction of sp³-hybridized carbons (Fsp3) is 0.368. The van der Waals surface area contributed by atoms with Crippen LogP contribution in [0.2, 0.25) is 0 Å². The molecule has 0 radical (unpaired) electrons. The molecule has 1 aromatic carbocycles. The van der Waals surface area contributed by atoms with Crippen LogP contribution in [0.1, 0.15) is 5.69 Å². The topological polar surface area (TPSA) is 48.9 Å². The van der Waals surface area contributed by atoms with Crippen LogP contribution in [-0.2, 0) is 6.54 Å². The Labute approximate surface area is 147 Å². The first-order chi connectivity index (χ1) is 12.2. The third-order valence-electron chi connectivity index (χ3n) is 4.88. The van der Waals surface area contributed by atoms with Gasteiger partial charge in [0.2, 0.25) is 5.88 Å². The van der Waals surface area contributed by atoms with Gasteiger partial charge in [-0.1, -0.05) is 24.3 Å². The maximum atomic E-state index is 12.7. The number of carbonyl (C=O) groups is 1. The van der Waals surface area contributed by atoms with Crippen LogP contribution in [0.15, 0.2) is 48.5 Å².